The van der Waals surface area contributed by atoms with Gasteiger partial charge in [0.25, 0.3) is 0 Å². The number of aromatic nitrogens is 2. The van der Waals surface area contributed by atoms with E-state index >= 15 is 0 Å². The van der Waals surface area contributed by atoms with Crippen molar-refractivity contribution in [3.63, 3.8) is 0 Å². The van der Waals surface area contributed by atoms with Crippen LogP contribution in [-0.2, 0) is 14.3 Å². The number of hydrogen-bond donors (Lipinski definition) is 2. The molecule has 1 amide bonds. The Morgan fingerprint density at radius 2 is 1.93 bits per heavy atom. The van der Waals surface area contributed by atoms with Crippen LogP contribution in [0.15, 0.2) is 42.5 Å². The molecule has 0 saturated carbocycles. The Morgan fingerprint density at radius 3 is 2.68 bits per heavy atom. The van der Waals surface area contributed by atoms with E-state index in [0.717, 1.165) is 10.9 Å². The lowest BCUT2D eigenvalue weighted by Gasteiger charge is -2.10. The lowest BCUT2D eigenvalue weighted by Crippen LogP contribution is -2.13. The molecule has 0 saturated heterocycles. The summed E-state index contributed by atoms with van der Waals surface area (Å²) in [5, 5.41) is 4.07. The standard InChI is InChI=1S/C19H17ClN4O3.CH4/c1-27-17(26)8-7-16(25)22-13-4-2-3-11(9-13)18-14-10-12(20)5-6-15(14)23-19(21)24-18;/h2-6,9-10H,7-8H2,1H3,(H,22,25)(H2,21,23,24);1H4. The minimum Gasteiger partial charge on any atom is -0.469 e. The maximum Gasteiger partial charge on any atom is 0.306 e. The molecule has 0 radical (unpaired) electrons. The number of methoxy groups -OCH3 is 1. The van der Waals surface area contributed by atoms with Gasteiger partial charge in [-0.1, -0.05) is 31.2 Å². The highest BCUT2D eigenvalue weighted by Crippen LogP contribution is 2.30. The van der Waals surface area contributed by atoms with E-state index in [9.17, 15) is 9.59 Å². The zero-order valence-electron chi connectivity index (χ0n) is 14.5. The number of anilines is 2. The van der Waals surface area contributed by atoms with E-state index in [1.807, 2.05) is 6.07 Å². The number of esters is 1. The van der Waals surface area contributed by atoms with Crippen molar-refractivity contribution in [3.8, 4) is 11.3 Å². The highest BCUT2D eigenvalue weighted by molar-refractivity contribution is 6.31. The number of fused-ring (bicyclic) bond motifs is 1. The summed E-state index contributed by atoms with van der Waals surface area (Å²) in [4.78, 5) is 31.7. The fourth-order valence-corrected chi connectivity index (χ4v) is 2.80. The van der Waals surface area contributed by atoms with E-state index in [1.54, 1.807) is 36.4 Å². The van der Waals surface area contributed by atoms with Gasteiger partial charge in [0, 0.05) is 28.1 Å². The molecule has 0 unspecified atom stereocenters. The molecule has 0 aliphatic rings. The topological polar surface area (TPSA) is 107 Å². The van der Waals surface area contributed by atoms with Gasteiger partial charge >= 0.3 is 5.97 Å². The smallest absolute Gasteiger partial charge is 0.306 e. The average molecular weight is 401 g/mol. The van der Waals surface area contributed by atoms with Crippen molar-refractivity contribution < 1.29 is 14.3 Å². The van der Waals surface area contributed by atoms with Crippen LogP contribution >= 0.6 is 11.6 Å². The van der Waals surface area contributed by atoms with Gasteiger partial charge in [-0.3, -0.25) is 9.59 Å². The molecular formula is C20H21ClN4O3. The number of carbonyl (C=O) groups is 2. The second-order valence-corrected chi connectivity index (χ2v) is 6.23. The number of carbonyl (C=O) groups excluding carboxylic acids is 2. The molecule has 0 spiro atoms. The van der Waals surface area contributed by atoms with Crippen LogP contribution in [0.5, 0.6) is 0 Å². The number of nitrogen functional groups attached to an aromatic ring is 1. The Morgan fingerprint density at radius 1 is 1.14 bits per heavy atom. The second kappa shape index (κ2) is 9.14. The lowest BCUT2D eigenvalue weighted by molar-refractivity contribution is -0.141. The SMILES string of the molecule is C.COC(=O)CCC(=O)Nc1cccc(-c2nc(N)nc3ccc(Cl)cc23)c1. The van der Waals surface area contributed by atoms with E-state index in [2.05, 4.69) is 20.0 Å². The van der Waals surface area contributed by atoms with E-state index < -0.39 is 5.97 Å². The summed E-state index contributed by atoms with van der Waals surface area (Å²) in [5.41, 5.74) is 8.45. The summed E-state index contributed by atoms with van der Waals surface area (Å²) >= 11 is 6.11. The molecule has 8 heteroatoms. The van der Waals surface area contributed by atoms with E-state index in [4.69, 9.17) is 17.3 Å². The first kappa shape index (κ1) is 21.1. The molecular weight excluding hydrogens is 380 g/mol. The Kier molecular flexibility index (Phi) is 6.89. The molecule has 28 heavy (non-hydrogen) atoms. The predicted molar refractivity (Wildman–Crippen MR) is 111 cm³/mol. The van der Waals surface area contributed by atoms with Crippen molar-refractivity contribution in [1.82, 2.24) is 9.97 Å². The third-order valence-corrected chi connectivity index (χ3v) is 4.11. The highest BCUT2D eigenvalue weighted by Gasteiger charge is 2.11. The molecule has 0 aliphatic carbocycles. The summed E-state index contributed by atoms with van der Waals surface area (Å²) in [5.74, 6) is -0.571. The molecule has 1 aromatic heterocycles. The van der Waals surface area contributed by atoms with E-state index in [-0.39, 0.29) is 32.1 Å². The van der Waals surface area contributed by atoms with Gasteiger partial charge in [0.1, 0.15) is 0 Å². The molecule has 3 aromatic rings. The number of hydrogen-bond acceptors (Lipinski definition) is 6. The van der Waals surface area contributed by atoms with Crippen LogP contribution in [0.3, 0.4) is 0 Å². The molecule has 0 atom stereocenters. The van der Waals surface area contributed by atoms with Crippen molar-refractivity contribution >= 4 is 46.0 Å². The highest BCUT2D eigenvalue weighted by atomic mass is 35.5. The van der Waals surface area contributed by atoms with Crippen molar-refractivity contribution in [2.75, 3.05) is 18.2 Å². The van der Waals surface area contributed by atoms with Gasteiger partial charge in [-0.2, -0.15) is 0 Å². The Bertz CT molecular complexity index is 1020. The Balaban J connectivity index is 0.00000280. The molecule has 3 N–H and O–H groups in total. The number of rotatable bonds is 5. The number of nitrogens with zero attached hydrogens (tertiary/aromatic N) is 2. The quantitative estimate of drug-likeness (QED) is 0.625. The van der Waals surface area contributed by atoms with Crippen molar-refractivity contribution in [1.29, 1.82) is 0 Å². The number of nitrogens with two attached hydrogens (primary N) is 1. The summed E-state index contributed by atoms with van der Waals surface area (Å²) < 4.78 is 4.53. The number of nitrogens with one attached hydrogen (secondary N) is 1. The molecule has 146 valence electrons. The lowest BCUT2D eigenvalue weighted by atomic mass is 10.1. The first-order chi connectivity index (χ1) is 13.0. The maximum absolute atomic E-state index is 12.0. The van der Waals surface area contributed by atoms with Crippen molar-refractivity contribution in [3.05, 3.63) is 47.5 Å². The van der Waals surface area contributed by atoms with Crippen LogP contribution < -0.4 is 11.1 Å². The first-order valence-corrected chi connectivity index (χ1v) is 8.54. The fourth-order valence-electron chi connectivity index (χ4n) is 2.62. The van der Waals surface area contributed by atoms with Gasteiger partial charge in [0.2, 0.25) is 11.9 Å². The normalized spacial score (nSPS) is 10.2. The van der Waals surface area contributed by atoms with Crippen LogP contribution in [0, 0.1) is 0 Å². The third-order valence-electron chi connectivity index (χ3n) is 3.88. The first-order valence-electron chi connectivity index (χ1n) is 8.16. The van der Waals surface area contributed by atoms with Crippen molar-refractivity contribution in [2.45, 2.75) is 20.3 Å². The molecule has 7 nitrogen and oxygen atoms in total. The largest absolute Gasteiger partial charge is 0.469 e. The van der Waals surface area contributed by atoms with Gasteiger partial charge < -0.3 is 15.8 Å². The minimum absolute atomic E-state index is 0. The van der Waals surface area contributed by atoms with Crippen LogP contribution in [0.1, 0.15) is 20.3 Å². The number of amides is 1. The number of halogens is 1. The number of ether oxygens (including phenoxy) is 1. The molecule has 3 rings (SSSR count). The zero-order valence-corrected chi connectivity index (χ0v) is 15.3. The van der Waals surface area contributed by atoms with Crippen LogP contribution in [-0.4, -0.2) is 29.0 Å². The van der Waals surface area contributed by atoms with Crippen LogP contribution in [0.2, 0.25) is 5.02 Å². The summed E-state index contributed by atoms with van der Waals surface area (Å²) in [6.07, 6.45) is 0.0590. The van der Waals surface area contributed by atoms with Crippen molar-refractivity contribution in [2.24, 2.45) is 0 Å². The Labute approximate surface area is 167 Å². The van der Waals surface area contributed by atoms with Gasteiger partial charge in [-0.25, -0.2) is 9.97 Å². The fraction of sp³-hybridized carbons (Fsp3) is 0.200. The molecule has 0 aliphatic heterocycles. The molecule has 0 fully saturated rings. The molecule has 2 aromatic carbocycles. The van der Waals surface area contributed by atoms with Gasteiger partial charge in [-0.05, 0) is 30.3 Å². The minimum atomic E-state index is -0.432. The van der Waals surface area contributed by atoms with Crippen LogP contribution in [0.25, 0.3) is 22.2 Å². The van der Waals surface area contributed by atoms with Gasteiger partial charge in [-0.15, -0.1) is 0 Å². The second-order valence-electron chi connectivity index (χ2n) is 5.80. The average Bonchev–Trinajstić information content (AvgIpc) is 2.66. The molecule has 1 heterocycles. The molecule has 0 bridgehead atoms. The maximum atomic E-state index is 12.0. The Hall–Kier alpha value is -3.19. The predicted octanol–water partition coefficient (Wildman–Crippen LogP) is 4.06. The van der Waals surface area contributed by atoms with E-state index in [1.165, 1.54) is 7.11 Å². The zero-order chi connectivity index (χ0) is 19.4. The number of benzene rings is 2. The van der Waals surface area contributed by atoms with Gasteiger partial charge in [0.15, 0.2) is 0 Å². The van der Waals surface area contributed by atoms with Gasteiger partial charge in [0.05, 0.1) is 24.7 Å². The van der Waals surface area contributed by atoms with E-state index in [0.29, 0.717) is 21.9 Å². The van der Waals surface area contributed by atoms with Crippen LogP contribution in [0.4, 0.5) is 11.6 Å². The third kappa shape index (κ3) is 4.95. The monoisotopic (exact) mass is 400 g/mol. The summed E-state index contributed by atoms with van der Waals surface area (Å²) in [6, 6.07) is 12.5. The summed E-state index contributed by atoms with van der Waals surface area (Å²) in [7, 11) is 1.29. The summed E-state index contributed by atoms with van der Waals surface area (Å²) in [6.45, 7) is 0.